The van der Waals surface area contributed by atoms with E-state index in [4.69, 9.17) is 4.74 Å². The van der Waals surface area contributed by atoms with Gasteiger partial charge >= 0.3 is 5.97 Å². The molecule has 0 amide bonds. The molecule has 21 heavy (non-hydrogen) atoms. The van der Waals surface area contributed by atoms with Gasteiger partial charge in [0.1, 0.15) is 0 Å². The molecule has 0 saturated heterocycles. The van der Waals surface area contributed by atoms with Crippen molar-refractivity contribution in [3.8, 4) is 0 Å². The zero-order chi connectivity index (χ0) is 15.7. The van der Waals surface area contributed by atoms with Gasteiger partial charge in [-0.25, -0.2) is 0 Å². The number of methoxy groups -OCH3 is 1. The molecule has 0 radical (unpaired) electrons. The van der Waals surface area contributed by atoms with Crippen LogP contribution in [-0.4, -0.2) is 37.6 Å². The maximum absolute atomic E-state index is 12.1. The minimum atomic E-state index is -0.203. The summed E-state index contributed by atoms with van der Waals surface area (Å²) >= 11 is 0. The van der Waals surface area contributed by atoms with Crippen LogP contribution >= 0.6 is 0 Å². The lowest BCUT2D eigenvalue weighted by atomic mass is 9.97. The summed E-state index contributed by atoms with van der Waals surface area (Å²) in [6, 6.07) is 9.93. The van der Waals surface area contributed by atoms with Crippen LogP contribution in [-0.2, 0) is 9.53 Å². The summed E-state index contributed by atoms with van der Waals surface area (Å²) in [7, 11) is 1.47. The number of benzene rings is 1. The molecule has 1 atom stereocenters. The number of carbonyl (C=O) groups excluding carboxylic acids is 1. The van der Waals surface area contributed by atoms with Crippen molar-refractivity contribution < 1.29 is 9.53 Å². The highest BCUT2D eigenvalue weighted by Crippen LogP contribution is 2.20. The molecule has 0 aliphatic rings. The third kappa shape index (κ3) is 5.50. The van der Waals surface area contributed by atoms with E-state index >= 15 is 0 Å². The van der Waals surface area contributed by atoms with E-state index in [1.54, 1.807) is 0 Å². The lowest BCUT2D eigenvalue weighted by Crippen LogP contribution is -2.35. The van der Waals surface area contributed by atoms with Crippen molar-refractivity contribution in [1.82, 2.24) is 4.90 Å². The lowest BCUT2D eigenvalue weighted by Gasteiger charge is -2.28. The van der Waals surface area contributed by atoms with Crippen LogP contribution in [0, 0.1) is 5.92 Å². The molecule has 1 rings (SSSR count). The summed E-state index contributed by atoms with van der Waals surface area (Å²) in [5.41, 5.74) is 1.03. The van der Waals surface area contributed by atoms with Crippen LogP contribution in [0.25, 0.3) is 0 Å². The molecule has 0 spiro atoms. The molecule has 0 aliphatic heterocycles. The van der Waals surface area contributed by atoms with E-state index in [1.807, 2.05) is 30.3 Å². The number of hydrogen-bond donors (Lipinski definition) is 0. The van der Waals surface area contributed by atoms with Gasteiger partial charge in [0.05, 0.1) is 13.0 Å². The van der Waals surface area contributed by atoms with Crippen LogP contribution in [0.2, 0.25) is 0 Å². The fourth-order valence-corrected chi connectivity index (χ4v) is 2.65. The predicted octanol–water partition coefficient (Wildman–Crippen LogP) is 3.70. The molecule has 118 valence electrons. The highest BCUT2D eigenvalue weighted by Gasteiger charge is 2.24. The molecule has 3 heteroatoms. The Morgan fingerprint density at radius 2 is 1.71 bits per heavy atom. The van der Waals surface area contributed by atoms with E-state index < -0.39 is 0 Å². The Morgan fingerprint density at radius 3 is 2.19 bits per heavy atom. The fourth-order valence-electron chi connectivity index (χ4n) is 2.65. The summed E-state index contributed by atoms with van der Waals surface area (Å²) in [6.07, 6.45) is 2.36. The smallest absolute Gasteiger partial charge is 0.314 e. The quantitative estimate of drug-likeness (QED) is 0.650. The number of ether oxygens (including phenoxy) is 1. The second-order valence-corrected chi connectivity index (χ2v) is 5.52. The minimum Gasteiger partial charge on any atom is -0.469 e. The van der Waals surface area contributed by atoms with Crippen molar-refractivity contribution in [3.05, 3.63) is 35.9 Å². The first kappa shape index (κ1) is 17.7. The van der Waals surface area contributed by atoms with Crippen molar-refractivity contribution in [2.45, 2.75) is 39.5 Å². The average Bonchev–Trinajstić information content (AvgIpc) is 2.55. The SMILES string of the molecule is CCC(CC)CN(CC)CC(C(=O)OC)c1ccccc1. The Kier molecular flexibility index (Phi) is 8.06. The number of carbonyl (C=O) groups is 1. The van der Waals surface area contributed by atoms with Crippen molar-refractivity contribution in [3.63, 3.8) is 0 Å². The van der Waals surface area contributed by atoms with Crippen molar-refractivity contribution in [2.75, 3.05) is 26.7 Å². The third-order valence-corrected chi connectivity index (χ3v) is 4.25. The predicted molar refractivity (Wildman–Crippen MR) is 87.4 cm³/mol. The maximum atomic E-state index is 12.1. The molecule has 0 aliphatic carbocycles. The zero-order valence-electron chi connectivity index (χ0n) is 13.8. The summed E-state index contributed by atoms with van der Waals surface area (Å²) in [5.74, 6) is 0.341. The Hall–Kier alpha value is -1.35. The molecule has 0 fully saturated rings. The fraction of sp³-hybridized carbons (Fsp3) is 0.611. The van der Waals surface area contributed by atoms with Crippen LogP contribution in [0.5, 0.6) is 0 Å². The van der Waals surface area contributed by atoms with Gasteiger partial charge in [0.15, 0.2) is 0 Å². The highest BCUT2D eigenvalue weighted by molar-refractivity contribution is 5.78. The van der Waals surface area contributed by atoms with Crippen LogP contribution in [0.3, 0.4) is 0 Å². The topological polar surface area (TPSA) is 29.5 Å². The van der Waals surface area contributed by atoms with Gasteiger partial charge in [0, 0.05) is 13.1 Å². The van der Waals surface area contributed by atoms with Crippen LogP contribution in [0.15, 0.2) is 30.3 Å². The molecule has 1 aromatic carbocycles. The highest BCUT2D eigenvalue weighted by atomic mass is 16.5. The first-order valence-corrected chi connectivity index (χ1v) is 8.01. The second kappa shape index (κ2) is 9.56. The van der Waals surface area contributed by atoms with Gasteiger partial charge in [-0.1, -0.05) is 63.9 Å². The molecule has 1 unspecified atom stereocenters. The van der Waals surface area contributed by atoms with Crippen molar-refractivity contribution in [1.29, 1.82) is 0 Å². The van der Waals surface area contributed by atoms with Crippen LogP contribution in [0.4, 0.5) is 0 Å². The minimum absolute atomic E-state index is 0.149. The first-order valence-electron chi connectivity index (χ1n) is 8.01. The van der Waals surface area contributed by atoms with Gasteiger partial charge in [0.2, 0.25) is 0 Å². The van der Waals surface area contributed by atoms with E-state index in [-0.39, 0.29) is 11.9 Å². The molecular formula is C18H29NO2. The van der Waals surface area contributed by atoms with Gasteiger partial charge in [-0.2, -0.15) is 0 Å². The van der Waals surface area contributed by atoms with E-state index in [1.165, 1.54) is 20.0 Å². The van der Waals surface area contributed by atoms with E-state index in [0.29, 0.717) is 5.92 Å². The number of likely N-dealkylation sites (N-methyl/N-ethyl adjacent to an activating group) is 1. The molecule has 0 saturated carbocycles. The van der Waals surface area contributed by atoms with E-state index in [2.05, 4.69) is 25.7 Å². The number of rotatable bonds is 9. The molecule has 1 aromatic rings. The van der Waals surface area contributed by atoms with Gasteiger partial charge < -0.3 is 9.64 Å². The zero-order valence-corrected chi connectivity index (χ0v) is 13.8. The molecule has 3 nitrogen and oxygen atoms in total. The normalized spacial score (nSPS) is 12.7. The maximum Gasteiger partial charge on any atom is 0.314 e. The first-order chi connectivity index (χ1) is 10.2. The number of nitrogens with zero attached hydrogens (tertiary/aromatic N) is 1. The van der Waals surface area contributed by atoms with Gasteiger partial charge in [-0.15, -0.1) is 0 Å². The monoisotopic (exact) mass is 291 g/mol. The summed E-state index contributed by atoms with van der Waals surface area (Å²) in [5, 5.41) is 0. The Bertz CT molecular complexity index is 401. The second-order valence-electron chi connectivity index (χ2n) is 5.52. The van der Waals surface area contributed by atoms with E-state index in [0.717, 1.165) is 25.2 Å². The largest absolute Gasteiger partial charge is 0.469 e. The lowest BCUT2D eigenvalue weighted by molar-refractivity contribution is -0.143. The van der Waals surface area contributed by atoms with Crippen LogP contribution in [0.1, 0.15) is 45.1 Å². The number of hydrogen-bond acceptors (Lipinski definition) is 3. The molecule has 0 N–H and O–H groups in total. The van der Waals surface area contributed by atoms with E-state index in [9.17, 15) is 4.79 Å². The Balaban J connectivity index is 2.82. The average molecular weight is 291 g/mol. The Morgan fingerprint density at radius 1 is 1.10 bits per heavy atom. The Labute approximate surface area is 129 Å². The standard InChI is InChI=1S/C18H29NO2/c1-5-15(6-2)13-19(7-3)14-17(18(20)21-4)16-11-9-8-10-12-16/h8-12,15,17H,5-7,13-14H2,1-4H3. The number of esters is 1. The van der Waals surface area contributed by atoms with Crippen molar-refractivity contribution >= 4 is 5.97 Å². The summed E-state index contributed by atoms with van der Waals surface area (Å²) < 4.78 is 5.00. The molecule has 0 aromatic heterocycles. The molecule has 0 heterocycles. The van der Waals surface area contributed by atoms with Crippen molar-refractivity contribution in [2.24, 2.45) is 5.92 Å². The molecular weight excluding hydrogens is 262 g/mol. The van der Waals surface area contributed by atoms with Gasteiger partial charge in [-0.05, 0) is 18.0 Å². The third-order valence-electron chi connectivity index (χ3n) is 4.25. The van der Waals surface area contributed by atoms with Gasteiger partial charge in [0.25, 0.3) is 0 Å². The summed E-state index contributed by atoms with van der Waals surface area (Å²) in [4.78, 5) is 14.5. The van der Waals surface area contributed by atoms with Gasteiger partial charge in [-0.3, -0.25) is 4.79 Å². The summed E-state index contributed by atoms with van der Waals surface area (Å²) in [6.45, 7) is 9.35. The van der Waals surface area contributed by atoms with Crippen LogP contribution < -0.4 is 0 Å². The molecule has 0 bridgehead atoms.